The fourth-order valence-electron chi connectivity index (χ4n) is 1.63. The minimum atomic E-state index is -0.144. The summed E-state index contributed by atoms with van der Waals surface area (Å²) in [6.45, 7) is 6.56. The third kappa shape index (κ3) is 4.42. The van der Waals surface area contributed by atoms with Crippen LogP contribution in [0.1, 0.15) is 49.5 Å². The van der Waals surface area contributed by atoms with Crippen molar-refractivity contribution in [3.63, 3.8) is 0 Å². The van der Waals surface area contributed by atoms with Crippen molar-refractivity contribution in [1.82, 2.24) is 5.32 Å². The van der Waals surface area contributed by atoms with E-state index in [0.29, 0.717) is 12.1 Å². The minimum absolute atomic E-state index is 0.0375. The van der Waals surface area contributed by atoms with Crippen molar-refractivity contribution in [2.24, 2.45) is 5.73 Å². The molecule has 0 aliphatic heterocycles. The molecule has 0 spiro atoms. The Morgan fingerprint density at radius 1 is 1.26 bits per heavy atom. The third-order valence-electron chi connectivity index (χ3n) is 3.46. The summed E-state index contributed by atoms with van der Waals surface area (Å²) in [5.41, 5.74) is 6.70. The van der Waals surface area contributed by atoms with Gasteiger partial charge in [-0.3, -0.25) is 4.79 Å². The van der Waals surface area contributed by atoms with Crippen molar-refractivity contribution in [3.05, 3.63) is 35.4 Å². The summed E-state index contributed by atoms with van der Waals surface area (Å²) in [6.07, 6.45) is 1.82. The highest BCUT2D eigenvalue weighted by Crippen LogP contribution is 2.15. The van der Waals surface area contributed by atoms with Crippen LogP contribution in [0.4, 0.5) is 0 Å². The Morgan fingerprint density at radius 3 is 2.32 bits per heavy atom. The van der Waals surface area contributed by atoms with Crippen LogP contribution in [0.15, 0.2) is 24.3 Å². The number of amides is 1. The highest BCUT2D eigenvalue weighted by molar-refractivity contribution is 5.94. The van der Waals surface area contributed by atoms with E-state index in [4.69, 9.17) is 5.73 Å². The number of nitrogens with two attached hydrogens (primary N) is 1. The average Bonchev–Trinajstić information content (AvgIpc) is 2.45. The van der Waals surface area contributed by atoms with Crippen molar-refractivity contribution in [1.29, 1.82) is 0 Å². The Kier molecular flexibility index (Phi) is 5.59. The lowest BCUT2D eigenvalue weighted by Crippen LogP contribution is -2.44. The van der Waals surface area contributed by atoms with Crippen LogP contribution in [0, 0.1) is 11.8 Å². The van der Waals surface area contributed by atoms with E-state index in [2.05, 4.69) is 37.9 Å². The third-order valence-corrected chi connectivity index (χ3v) is 3.46. The quantitative estimate of drug-likeness (QED) is 0.814. The fraction of sp³-hybridized carbons (Fsp3) is 0.438. The lowest BCUT2D eigenvalue weighted by molar-refractivity contribution is 0.0901. The zero-order chi connectivity index (χ0) is 14.3. The molecule has 3 N–H and O–H groups in total. The number of nitrogens with one attached hydrogen (secondary N) is 1. The normalized spacial score (nSPS) is 10.5. The molecule has 3 nitrogen and oxygen atoms in total. The molecule has 0 saturated carbocycles. The molecule has 0 radical (unpaired) electrons. The summed E-state index contributed by atoms with van der Waals surface area (Å²) < 4.78 is 0. The first-order chi connectivity index (χ1) is 9.04. The standard InChI is InChI=1S/C16H22N2O/c1-4-16(3,5-2)18-15(19)14-10-8-13(9-11-14)7-6-12-17/h8-11H,4-5,12,17H2,1-3H3,(H,18,19). The van der Waals surface area contributed by atoms with E-state index < -0.39 is 0 Å². The average molecular weight is 258 g/mol. The van der Waals surface area contributed by atoms with Crippen LogP contribution in [-0.4, -0.2) is 18.0 Å². The van der Waals surface area contributed by atoms with Gasteiger partial charge >= 0.3 is 0 Å². The van der Waals surface area contributed by atoms with Crippen LogP contribution < -0.4 is 11.1 Å². The number of hydrogen-bond acceptors (Lipinski definition) is 2. The van der Waals surface area contributed by atoms with Crippen LogP contribution >= 0.6 is 0 Å². The highest BCUT2D eigenvalue weighted by atomic mass is 16.1. The van der Waals surface area contributed by atoms with Gasteiger partial charge in [-0.1, -0.05) is 25.7 Å². The van der Waals surface area contributed by atoms with E-state index in [-0.39, 0.29) is 11.4 Å². The molecular weight excluding hydrogens is 236 g/mol. The second kappa shape index (κ2) is 6.96. The molecule has 19 heavy (non-hydrogen) atoms. The summed E-state index contributed by atoms with van der Waals surface area (Å²) >= 11 is 0. The van der Waals surface area contributed by atoms with E-state index in [0.717, 1.165) is 18.4 Å². The number of hydrogen-bond donors (Lipinski definition) is 2. The maximum atomic E-state index is 12.1. The first kappa shape index (κ1) is 15.3. The molecule has 0 atom stereocenters. The van der Waals surface area contributed by atoms with E-state index in [9.17, 15) is 4.79 Å². The van der Waals surface area contributed by atoms with Crippen molar-refractivity contribution in [2.45, 2.75) is 39.2 Å². The van der Waals surface area contributed by atoms with Gasteiger partial charge in [-0.2, -0.15) is 0 Å². The fourth-order valence-corrected chi connectivity index (χ4v) is 1.63. The maximum absolute atomic E-state index is 12.1. The first-order valence-corrected chi connectivity index (χ1v) is 6.66. The number of carbonyl (C=O) groups is 1. The second-order valence-electron chi connectivity index (χ2n) is 4.81. The van der Waals surface area contributed by atoms with Crippen LogP contribution in [0.3, 0.4) is 0 Å². The molecule has 1 amide bonds. The number of rotatable bonds is 4. The Balaban J connectivity index is 2.78. The molecule has 1 aromatic carbocycles. The Morgan fingerprint density at radius 2 is 1.84 bits per heavy atom. The van der Waals surface area contributed by atoms with Gasteiger partial charge in [0.1, 0.15) is 0 Å². The monoisotopic (exact) mass is 258 g/mol. The van der Waals surface area contributed by atoms with Crippen molar-refractivity contribution in [2.75, 3.05) is 6.54 Å². The molecule has 0 unspecified atom stereocenters. The van der Waals surface area contributed by atoms with Crippen LogP contribution in [0.2, 0.25) is 0 Å². The smallest absolute Gasteiger partial charge is 0.251 e. The van der Waals surface area contributed by atoms with Gasteiger partial charge in [0.15, 0.2) is 0 Å². The minimum Gasteiger partial charge on any atom is -0.347 e. The van der Waals surface area contributed by atoms with Gasteiger partial charge in [-0.15, -0.1) is 0 Å². The Labute approximate surface area is 115 Å². The SMILES string of the molecule is CCC(C)(CC)NC(=O)c1ccc(C#CCN)cc1. The molecule has 0 saturated heterocycles. The molecule has 1 aromatic rings. The molecule has 0 heterocycles. The topological polar surface area (TPSA) is 55.1 Å². The predicted molar refractivity (Wildman–Crippen MR) is 78.8 cm³/mol. The molecule has 0 aliphatic carbocycles. The molecule has 1 rings (SSSR count). The largest absolute Gasteiger partial charge is 0.347 e. The molecule has 0 bridgehead atoms. The predicted octanol–water partition coefficient (Wildman–Crippen LogP) is 2.31. The second-order valence-corrected chi connectivity index (χ2v) is 4.81. The Bertz CT molecular complexity index is 476. The van der Waals surface area contributed by atoms with Crippen molar-refractivity contribution >= 4 is 5.91 Å². The summed E-state index contributed by atoms with van der Waals surface area (Å²) in [5, 5.41) is 3.08. The summed E-state index contributed by atoms with van der Waals surface area (Å²) in [4.78, 5) is 12.1. The summed E-state index contributed by atoms with van der Waals surface area (Å²) in [7, 11) is 0. The molecule has 3 heteroatoms. The van der Waals surface area contributed by atoms with Gasteiger partial charge in [0.2, 0.25) is 0 Å². The van der Waals surface area contributed by atoms with Crippen LogP contribution in [-0.2, 0) is 0 Å². The number of benzene rings is 1. The van der Waals surface area contributed by atoms with Crippen molar-refractivity contribution in [3.8, 4) is 11.8 Å². The molecule has 102 valence electrons. The lowest BCUT2D eigenvalue weighted by Gasteiger charge is -2.28. The molecule has 0 fully saturated rings. The Hall–Kier alpha value is -1.79. The van der Waals surface area contributed by atoms with Crippen LogP contribution in [0.25, 0.3) is 0 Å². The van der Waals surface area contributed by atoms with Gasteiger partial charge in [0, 0.05) is 16.7 Å². The first-order valence-electron chi connectivity index (χ1n) is 6.66. The number of carbonyl (C=O) groups excluding carboxylic acids is 1. The molecular formula is C16H22N2O. The van der Waals surface area contributed by atoms with Gasteiger partial charge in [-0.25, -0.2) is 0 Å². The zero-order valence-corrected chi connectivity index (χ0v) is 11.9. The molecule has 0 aliphatic rings. The van der Waals surface area contributed by atoms with E-state index in [1.165, 1.54) is 0 Å². The summed E-state index contributed by atoms with van der Waals surface area (Å²) in [5.74, 6) is 5.68. The maximum Gasteiger partial charge on any atom is 0.251 e. The van der Waals surface area contributed by atoms with Gasteiger partial charge < -0.3 is 11.1 Å². The van der Waals surface area contributed by atoms with Crippen LogP contribution in [0.5, 0.6) is 0 Å². The summed E-state index contributed by atoms with van der Waals surface area (Å²) in [6, 6.07) is 7.27. The molecule has 0 aromatic heterocycles. The van der Waals surface area contributed by atoms with Gasteiger partial charge in [0.05, 0.1) is 6.54 Å². The van der Waals surface area contributed by atoms with Gasteiger partial charge in [0.25, 0.3) is 5.91 Å². The van der Waals surface area contributed by atoms with Gasteiger partial charge in [-0.05, 0) is 44.0 Å². The van der Waals surface area contributed by atoms with E-state index in [1.54, 1.807) is 12.1 Å². The lowest BCUT2D eigenvalue weighted by atomic mass is 9.95. The van der Waals surface area contributed by atoms with E-state index >= 15 is 0 Å². The van der Waals surface area contributed by atoms with Crippen molar-refractivity contribution < 1.29 is 4.79 Å². The highest BCUT2D eigenvalue weighted by Gasteiger charge is 2.22. The van der Waals surface area contributed by atoms with E-state index in [1.807, 2.05) is 12.1 Å². The zero-order valence-electron chi connectivity index (χ0n) is 11.9.